The van der Waals surface area contributed by atoms with Crippen molar-refractivity contribution in [1.82, 2.24) is 0 Å². The fraction of sp³-hybridized carbons (Fsp3) is 0. The number of carboxylic acids is 1. The summed E-state index contributed by atoms with van der Waals surface area (Å²) in [6.45, 7) is 0. The van der Waals surface area contributed by atoms with E-state index in [2.05, 4.69) is 15.9 Å². The molecule has 0 saturated heterocycles. The molecule has 0 spiro atoms. The van der Waals surface area contributed by atoms with Gasteiger partial charge in [-0.1, -0.05) is 52.3 Å². The summed E-state index contributed by atoms with van der Waals surface area (Å²) in [5, 5.41) is 9.11. The summed E-state index contributed by atoms with van der Waals surface area (Å²) in [5.74, 6) is -1.42. The first-order valence-corrected chi connectivity index (χ1v) is 6.02. The van der Waals surface area contributed by atoms with E-state index in [1.165, 1.54) is 6.07 Å². The van der Waals surface area contributed by atoms with E-state index >= 15 is 0 Å². The molecule has 2 rings (SSSR count). The molecular formula is C14H9BrO3. The van der Waals surface area contributed by atoms with Gasteiger partial charge < -0.3 is 5.11 Å². The molecule has 18 heavy (non-hydrogen) atoms. The Hall–Kier alpha value is -1.94. The smallest absolute Gasteiger partial charge is 0.336 e. The quantitative estimate of drug-likeness (QED) is 0.884. The lowest BCUT2D eigenvalue weighted by molar-refractivity contribution is 0.0692. The molecule has 0 aromatic heterocycles. The lowest BCUT2D eigenvalue weighted by atomic mass is 9.98. The van der Waals surface area contributed by atoms with E-state index in [4.69, 9.17) is 5.11 Å². The van der Waals surface area contributed by atoms with Crippen LogP contribution in [0.25, 0.3) is 0 Å². The second kappa shape index (κ2) is 5.14. The third-order valence-electron chi connectivity index (χ3n) is 2.51. The second-order valence-corrected chi connectivity index (χ2v) is 4.52. The van der Waals surface area contributed by atoms with Crippen molar-refractivity contribution >= 4 is 27.7 Å². The van der Waals surface area contributed by atoms with E-state index in [1.807, 2.05) is 0 Å². The lowest BCUT2D eigenvalue weighted by Crippen LogP contribution is -2.10. The Labute approximate surface area is 112 Å². The first kappa shape index (κ1) is 12.5. The molecule has 0 aliphatic heterocycles. The summed E-state index contributed by atoms with van der Waals surface area (Å²) in [6.07, 6.45) is 0. The highest BCUT2D eigenvalue weighted by atomic mass is 79.9. The second-order valence-electron chi connectivity index (χ2n) is 3.66. The van der Waals surface area contributed by atoms with Crippen LogP contribution in [0.3, 0.4) is 0 Å². The van der Waals surface area contributed by atoms with Crippen LogP contribution in [-0.4, -0.2) is 16.9 Å². The topological polar surface area (TPSA) is 54.4 Å². The van der Waals surface area contributed by atoms with Crippen LogP contribution in [0.5, 0.6) is 0 Å². The van der Waals surface area contributed by atoms with Gasteiger partial charge in [0.25, 0.3) is 0 Å². The van der Waals surface area contributed by atoms with Gasteiger partial charge in [-0.2, -0.15) is 0 Å². The molecule has 0 fully saturated rings. The number of carbonyl (C=O) groups excluding carboxylic acids is 1. The summed E-state index contributed by atoms with van der Waals surface area (Å²) < 4.78 is 0.483. The highest BCUT2D eigenvalue weighted by Crippen LogP contribution is 2.24. The fourth-order valence-corrected chi connectivity index (χ4v) is 2.21. The number of aromatic carboxylic acids is 1. The largest absolute Gasteiger partial charge is 0.478 e. The van der Waals surface area contributed by atoms with Crippen molar-refractivity contribution in [3.05, 3.63) is 69.7 Å². The Bertz CT molecular complexity index is 606. The number of benzene rings is 2. The van der Waals surface area contributed by atoms with E-state index in [0.717, 1.165) is 0 Å². The Kier molecular flexibility index (Phi) is 3.58. The number of hydrogen-bond donors (Lipinski definition) is 1. The number of halogens is 1. The van der Waals surface area contributed by atoms with Crippen molar-refractivity contribution < 1.29 is 14.7 Å². The monoisotopic (exact) mass is 304 g/mol. The van der Waals surface area contributed by atoms with Crippen LogP contribution in [0.4, 0.5) is 0 Å². The zero-order valence-electron chi connectivity index (χ0n) is 9.26. The fourth-order valence-electron chi connectivity index (χ4n) is 1.67. The van der Waals surface area contributed by atoms with Crippen LogP contribution in [0, 0.1) is 0 Å². The number of hydrogen-bond acceptors (Lipinski definition) is 2. The Morgan fingerprint density at radius 1 is 0.944 bits per heavy atom. The molecule has 4 heteroatoms. The van der Waals surface area contributed by atoms with E-state index in [9.17, 15) is 9.59 Å². The van der Waals surface area contributed by atoms with E-state index in [1.54, 1.807) is 42.5 Å². The minimum Gasteiger partial charge on any atom is -0.478 e. The Morgan fingerprint density at radius 3 is 2.22 bits per heavy atom. The van der Waals surface area contributed by atoms with Crippen LogP contribution in [0.15, 0.2) is 53.0 Å². The predicted octanol–water partition coefficient (Wildman–Crippen LogP) is 3.38. The first-order valence-electron chi connectivity index (χ1n) is 5.23. The maximum atomic E-state index is 12.3. The van der Waals surface area contributed by atoms with E-state index in [0.29, 0.717) is 10.0 Å². The average Bonchev–Trinajstić information content (AvgIpc) is 2.38. The van der Waals surface area contributed by atoms with Gasteiger partial charge in [0.15, 0.2) is 5.78 Å². The van der Waals surface area contributed by atoms with Crippen LogP contribution < -0.4 is 0 Å². The number of ketones is 1. The molecule has 0 bridgehead atoms. The maximum absolute atomic E-state index is 12.3. The van der Waals surface area contributed by atoms with Crippen molar-refractivity contribution in [3.63, 3.8) is 0 Å². The molecule has 0 unspecified atom stereocenters. The zero-order valence-corrected chi connectivity index (χ0v) is 10.8. The van der Waals surface area contributed by atoms with Crippen LogP contribution >= 0.6 is 15.9 Å². The average molecular weight is 305 g/mol. The molecule has 0 radical (unpaired) electrons. The summed E-state index contributed by atoms with van der Waals surface area (Å²) >= 11 is 3.23. The molecule has 1 N–H and O–H groups in total. The third kappa shape index (κ3) is 2.33. The van der Waals surface area contributed by atoms with Crippen molar-refractivity contribution in [1.29, 1.82) is 0 Å². The highest BCUT2D eigenvalue weighted by Gasteiger charge is 2.20. The molecule has 0 aliphatic rings. The molecule has 2 aromatic rings. The van der Waals surface area contributed by atoms with E-state index in [-0.39, 0.29) is 16.9 Å². The van der Waals surface area contributed by atoms with Crippen molar-refractivity contribution in [3.8, 4) is 0 Å². The molecule has 3 nitrogen and oxygen atoms in total. The molecule has 2 aromatic carbocycles. The molecular weight excluding hydrogens is 296 g/mol. The maximum Gasteiger partial charge on any atom is 0.336 e. The third-order valence-corrected chi connectivity index (χ3v) is 3.17. The van der Waals surface area contributed by atoms with Gasteiger partial charge in [0.05, 0.1) is 11.1 Å². The summed E-state index contributed by atoms with van der Waals surface area (Å²) in [4.78, 5) is 23.4. The summed E-state index contributed by atoms with van der Waals surface area (Å²) in [7, 11) is 0. The first-order chi connectivity index (χ1) is 8.61. The number of carbonyl (C=O) groups is 2. The minimum absolute atomic E-state index is 0.00164. The van der Waals surface area contributed by atoms with Gasteiger partial charge >= 0.3 is 5.97 Å². The molecule has 0 heterocycles. The van der Waals surface area contributed by atoms with Gasteiger partial charge in [-0.3, -0.25) is 4.79 Å². The normalized spacial score (nSPS) is 10.1. The van der Waals surface area contributed by atoms with Gasteiger partial charge in [0.2, 0.25) is 0 Å². The van der Waals surface area contributed by atoms with Gasteiger partial charge in [-0.25, -0.2) is 4.79 Å². The molecule has 90 valence electrons. The molecule has 0 atom stereocenters. The molecule has 0 amide bonds. The van der Waals surface area contributed by atoms with Crippen LogP contribution in [0.2, 0.25) is 0 Å². The van der Waals surface area contributed by atoms with Gasteiger partial charge in [0.1, 0.15) is 0 Å². The minimum atomic E-state index is -1.12. The summed E-state index contributed by atoms with van der Waals surface area (Å²) in [6, 6.07) is 13.3. The lowest BCUT2D eigenvalue weighted by Gasteiger charge is -2.07. The molecule has 0 saturated carbocycles. The van der Waals surface area contributed by atoms with Crippen molar-refractivity contribution in [2.45, 2.75) is 0 Å². The van der Waals surface area contributed by atoms with Crippen molar-refractivity contribution in [2.24, 2.45) is 0 Å². The number of rotatable bonds is 3. The van der Waals surface area contributed by atoms with Gasteiger partial charge in [-0.15, -0.1) is 0 Å². The van der Waals surface area contributed by atoms with Crippen molar-refractivity contribution in [2.75, 3.05) is 0 Å². The molecule has 0 aliphatic carbocycles. The Morgan fingerprint density at radius 2 is 1.61 bits per heavy atom. The zero-order chi connectivity index (χ0) is 13.1. The summed E-state index contributed by atoms with van der Waals surface area (Å²) in [5.41, 5.74) is 0.640. The van der Waals surface area contributed by atoms with Gasteiger partial charge in [0, 0.05) is 10.0 Å². The number of carboxylic acid groups (broad SMARTS) is 1. The Balaban J connectivity index is 2.58. The highest BCUT2D eigenvalue weighted by molar-refractivity contribution is 9.10. The van der Waals surface area contributed by atoms with E-state index < -0.39 is 5.97 Å². The predicted molar refractivity (Wildman–Crippen MR) is 71.0 cm³/mol. The van der Waals surface area contributed by atoms with Crippen LogP contribution in [-0.2, 0) is 0 Å². The standard InChI is InChI=1S/C14H9BrO3/c15-11-8-4-7-10(14(17)18)12(11)13(16)9-5-2-1-3-6-9/h1-8H,(H,17,18). The SMILES string of the molecule is O=C(O)c1cccc(Br)c1C(=O)c1ccccc1. The van der Waals surface area contributed by atoms with Gasteiger partial charge in [-0.05, 0) is 12.1 Å². The van der Waals surface area contributed by atoms with Crippen LogP contribution in [0.1, 0.15) is 26.3 Å².